The fourth-order valence-corrected chi connectivity index (χ4v) is 3.06. The topological polar surface area (TPSA) is 31.9 Å². The van der Waals surface area contributed by atoms with Crippen molar-refractivity contribution in [2.24, 2.45) is 0 Å². The van der Waals surface area contributed by atoms with Gasteiger partial charge in [-0.25, -0.2) is 0 Å². The number of rotatable bonds is 6. The number of hydrogen-bond donors (Lipinski definition) is 1. The fraction of sp³-hybridized carbons (Fsp3) is 0.0870. The molecule has 0 atom stereocenters. The van der Waals surface area contributed by atoms with Crippen molar-refractivity contribution in [3.63, 3.8) is 0 Å². The number of benzene rings is 3. The molecule has 0 amide bonds. The minimum Gasteiger partial charge on any atom is -0.346 e. The lowest BCUT2D eigenvalue weighted by Crippen LogP contribution is -2.22. The third-order valence-electron chi connectivity index (χ3n) is 4.41. The highest BCUT2D eigenvalue weighted by Crippen LogP contribution is 2.24. The van der Waals surface area contributed by atoms with Crippen molar-refractivity contribution in [2.75, 3.05) is 4.90 Å². The summed E-state index contributed by atoms with van der Waals surface area (Å²) in [5.41, 5.74) is 4.72. The largest absolute Gasteiger partial charge is 0.346 e. The minimum absolute atomic E-state index is 0.814. The molecule has 0 bridgehead atoms. The Morgan fingerprint density at radius 2 is 1.15 bits per heavy atom. The number of nitrogens with zero attached hydrogens (tertiary/aromatic N) is 2. The molecule has 1 aromatic heterocycles. The zero-order valence-corrected chi connectivity index (χ0v) is 14.5. The first-order chi connectivity index (χ1) is 12.9. The van der Waals surface area contributed by atoms with Gasteiger partial charge in [0.1, 0.15) is 0 Å². The molecule has 0 aliphatic rings. The van der Waals surface area contributed by atoms with Gasteiger partial charge in [0.05, 0.1) is 5.69 Å². The predicted octanol–water partition coefficient (Wildman–Crippen LogP) is 5.28. The number of aromatic nitrogens is 2. The molecule has 1 heterocycles. The summed E-state index contributed by atoms with van der Waals surface area (Å²) in [4.78, 5) is 2.30. The molecule has 3 nitrogen and oxygen atoms in total. The van der Waals surface area contributed by atoms with E-state index in [1.165, 1.54) is 11.1 Å². The highest BCUT2D eigenvalue weighted by atomic mass is 15.3. The zero-order chi connectivity index (χ0) is 17.6. The van der Waals surface area contributed by atoms with Gasteiger partial charge < -0.3 is 4.90 Å². The SMILES string of the molecule is c1ccc(CN(Cc2ccccc2)c2cc(-c3ccccc3)[nH]n2)cc1. The van der Waals surface area contributed by atoms with Gasteiger partial charge in [0.2, 0.25) is 0 Å². The molecular weight excluding hydrogens is 318 g/mol. The van der Waals surface area contributed by atoms with E-state index >= 15 is 0 Å². The van der Waals surface area contributed by atoms with E-state index in [0.29, 0.717) is 0 Å². The van der Waals surface area contributed by atoms with Gasteiger partial charge in [-0.3, -0.25) is 5.10 Å². The van der Waals surface area contributed by atoms with Crippen LogP contribution in [0.5, 0.6) is 0 Å². The maximum atomic E-state index is 4.59. The Bertz CT molecular complexity index is 889. The molecule has 1 N–H and O–H groups in total. The summed E-state index contributed by atoms with van der Waals surface area (Å²) in [5.74, 6) is 0.955. The number of aromatic amines is 1. The Morgan fingerprint density at radius 3 is 1.69 bits per heavy atom. The van der Waals surface area contributed by atoms with Crippen LogP contribution in [0.2, 0.25) is 0 Å². The first-order valence-electron chi connectivity index (χ1n) is 8.82. The highest BCUT2D eigenvalue weighted by Gasteiger charge is 2.13. The maximum absolute atomic E-state index is 4.59. The molecule has 0 aliphatic heterocycles. The van der Waals surface area contributed by atoms with Crippen LogP contribution >= 0.6 is 0 Å². The van der Waals surface area contributed by atoms with Gasteiger partial charge in [-0.2, -0.15) is 5.10 Å². The molecule has 0 saturated heterocycles. The van der Waals surface area contributed by atoms with Crippen molar-refractivity contribution in [1.29, 1.82) is 0 Å². The lowest BCUT2D eigenvalue weighted by molar-refractivity contribution is 0.779. The number of nitrogens with one attached hydrogen (secondary N) is 1. The Morgan fingerprint density at radius 1 is 0.654 bits per heavy atom. The van der Waals surface area contributed by atoms with E-state index in [0.717, 1.165) is 30.2 Å². The van der Waals surface area contributed by atoms with Crippen molar-refractivity contribution in [2.45, 2.75) is 13.1 Å². The standard InChI is InChI=1S/C23H21N3/c1-4-10-19(11-5-1)17-26(18-20-12-6-2-7-13-20)23-16-22(24-25-23)21-14-8-3-9-15-21/h1-16H,17-18H2,(H,24,25). The van der Waals surface area contributed by atoms with Crippen molar-refractivity contribution in [3.8, 4) is 11.3 Å². The van der Waals surface area contributed by atoms with E-state index in [1.54, 1.807) is 0 Å². The van der Waals surface area contributed by atoms with E-state index in [2.05, 4.69) is 81.8 Å². The first-order valence-corrected chi connectivity index (χ1v) is 8.82. The van der Waals surface area contributed by atoms with Crippen LogP contribution in [0.1, 0.15) is 11.1 Å². The molecular formula is C23H21N3. The minimum atomic E-state index is 0.814. The van der Waals surface area contributed by atoms with Crippen LogP contribution in [0.15, 0.2) is 97.1 Å². The number of anilines is 1. The second-order valence-electron chi connectivity index (χ2n) is 6.33. The van der Waals surface area contributed by atoms with Crippen LogP contribution in [0.25, 0.3) is 11.3 Å². The van der Waals surface area contributed by atoms with Crippen molar-refractivity contribution >= 4 is 5.82 Å². The highest BCUT2D eigenvalue weighted by molar-refractivity contribution is 5.63. The average molecular weight is 339 g/mol. The molecule has 4 aromatic rings. The van der Waals surface area contributed by atoms with E-state index in [9.17, 15) is 0 Å². The normalized spacial score (nSPS) is 10.6. The summed E-state index contributed by atoms with van der Waals surface area (Å²) in [6.45, 7) is 1.63. The van der Waals surface area contributed by atoms with Gasteiger partial charge in [0.15, 0.2) is 5.82 Å². The van der Waals surface area contributed by atoms with Crippen LogP contribution < -0.4 is 4.90 Å². The quantitative estimate of drug-likeness (QED) is 0.518. The first kappa shape index (κ1) is 16.2. The number of H-pyrrole nitrogens is 1. The second kappa shape index (κ2) is 7.70. The summed E-state index contributed by atoms with van der Waals surface area (Å²) in [5, 5.41) is 7.77. The summed E-state index contributed by atoms with van der Waals surface area (Å²) >= 11 is 0. The molecule has 0 aliphatic carbocycles. The maximum Gasteiger partial charge on any atom is 0.151 e. The van der Waals surface area contributed by atoms with E-state index in [4.69, 9.17) is 0 Å². The molecule has 128 valence electrons. The van der Waals surface area contributed by atoms with Crippen molar-refractivity contribution in [1.82, 2.24) is 10.2 Å². The smallest absolute Gasteiger partial charge is 0.151 e. The summed E-state index contributed by atoms with van der Waals surface area (Å²) in [6.07, 6.45) is 0. The van der Waals surface area contributed by atoms with Crippen molar-refractivity contribution < 1.29 is 0 Å². The fourth-order valence-electron chi connectivity index (χ4n) is 3.06. The predicted molar refractivity (Wildman–Crippen MR) is 107 cm³/mol. The molecule has 0 fully saturated rings. The van der Waals surface area contributed by atoms with E-state index < -0.39 is 0 Å². The Hall–Kier alpha value is -3.33. The van der Waals surface area contributed by atoms with E-state index in [-0.39, 0.29) is 0 Å². The van der Waals surface area contributed by atoms with Crippen LogP contribution in [-0.4, -0.2) is 10.2 Å². The lowest BCUT2D eigenvalue weighted by Gasteiger charge is -2.22. The Kier molecular flexibility index (Phi) is 4.79. The van der Waals surface area contributed by atoms with Crippen LogP contribution in [0.4, 0.5) is 5.82 Å². The second-order valence-corrected chi connectivity index (χ2v) is 6.33. The monoisotopic (exact) mass is 339 g/mol. The average Bonchev–Trinajstić information content (AvgIpc) is 3.20. The molecule has 0 unspecified atom stereocenters. The van der Waals surface area contributed by atoms with Gasteiger partial charge in [-0.15, -0.1) is 0 Å². The van der Waals surface area contributed by atoms with Crippen molar-refractivity contribution in [3.05, 3.63) is 108 Å². The van der Waals surface area contributed by atoms with Crippen LogP contribution in [0, 0.1) is 0 Å². The Balaban J connectivity index is 1.63. The van der Waals surface area contributed by atoms with Gasteiger partial charge in [0, 0.05) is 19.2 Å². The molecule has 0 spiro atoms. The molecule has 26 heavy (non-hydrogen) atoms. The van der Waals surface area contributed by atoms with Crippen LogP contribution in [-0.2, 0) is 13.1 Å². The molecule has 0 radical (unpaired) electrons. The van der Waals surface area contributed by atoms with Gasteiger partial charge >= 0.3 is 0 Å². The van der Waals surface area contributed by atoms with E-state index in [1.807, 2.05) is 30.3 Å². The summed E-state index contributed by atoms with van der Waals surface area (Å²) < 4.78 is 0. The zero-order valence-electron chi connectivity index (χ0n) is 14.5. The third kappa shape index (κ3) is 3.83. The lowest BCUT2D eigenvalue weighted by atomic mass is 10.1. The molecule has 0 saturated carbocycles. The Labute approximate surface area is 153 Å². The molecule has 3 aromatic carbocycles. The third-order valence-corrected chi connectivity index (χ3v) is 4.41. The number of hydrogen-bond acceptors (Lipinski definition) is 2. The molecule has 3 heteroatoms. The van der Waals surface area contributed by atoms with Crippen LogP contribution in [0.3, 0.4) is 0 Å². The summed E-state index contributed by atoms with van der Waals surface area (Å²) in [7, 11) is 0. The van der Waals surface area contributed by atoms with Gasteiger partial charge in [0.25, 0.3) is 0 Å². The van der Waals surface area contributed by atoms with Gasteiger partial charge in [-0.1, -0.05) is 91.0 Å². The summed E-state index contributed by atoms with van der Waals surface area (Å²) in [6, 6.07) is 33.5. The van der Waals surface area contributed by atoms with Gasteiger partial charge in [-0.05, 0) is 16.7 Å². The molecule has 4 rings (SSSR count).